The van der Waals surface area contributed by atoms with Crippen LogP contribution in [-0.4, -0.2) is 37.2 Å². The number of hydrogen-bond acceptors (Lipinski definition) is 5. The summed E-state index contributed by atoms with van der Waals surface area (Å²) in [6.45, 7) is 1.19. The summed E-state index contributed by atoms with van der Waals surface area (Å²) in [6, 6.07) is 22.7. The molecule has 10 heteroatoms. The van der Waals surface area contributed by atoms with Crippen LogP contribution in [0.4, 0.5) is 19.0 Å². The van der Waals surface area contributed by atoms with E-state index in [1.54, 1.807) is 6.33 Å². The molecule has 0 unspecified atom stereocenters. The van der Waals surface area contributed by atoms with Crippen LogP contribution in [0.15, 0.2) is 91.4 Å². The van der Waals surface area contributed by atoms with Gasteiger partial charge in [0.05, 0.1) is 25.0 Å². The van der Waals surface area contributed by atoms with E-state index in [9.17, 15) is 13.2 Å². The Morgan fingerprint density at radius 1 is 0.925 bits per heavy atom. The van der Waals surface area contributed by atoms with Gasteiger partial charge in [-0.25, -0.2) is 15.0 Å². The van der Waals surface area contributed by atoms with Crippen LogP contribution < -0.4 is 10.1 Å². The van der Waals surface area contributed by atoms with Crippen molar-refractivity contribution in [2.24, 2.45) is 7.05 Å². The van der Waals surface area contributed by atoms with Gasteiger partial charge in [-0.3, -0.25) is 0 Å². The Morgan fingerprint density at radius 3 is 2.50 bits per heavy atom. The van der Waals surface area contributed by atoms with Gasteiger partial charge < -0.3 is 19.2 Å². The average Bonchev–Trinajstić information content (AvgIpc) is 3.54. The van der Waals surface area contributed by atoms with Crippen molar-refractivity contribution in [2.75, 3.05) is 18.5 Å². The number of nitrogens with one attached hydrogen (secondary N) is 1. The highest BCUT2D eigenvalue weighted by atomic mass is 19.4. The summed E-state index contributed by atoms with van der Waals surface area (Å²) in [5.41, 5.74) is 3.08. The summed E-state index contributed by atoms with van der Waals surface area (Å²) in [6.07, 6.45) is -0.753. The average molecular weight is 543 g/mol. The highest BCUT2D eigenvalue weighted by Crippen LogP contribution is 2.30. The third-order valence-corrected chi connectivity index (χ3v) is 6.65. The first-order valence-corrected chi connectivity index (χ1v) is 12.7. The maximum atomic E-state index is 13.0. The fourth-order valence-electron chi connectivity index (χ4n) is 4.58. The molecule has 0 spiro atoms. The first-order chi connectivity index (χ1) is 19.3. The number of halogens is 3. The van der Waals surface area contributed by atoms with Crippen LogP contribution in [0, 0.1) is 0 Å². The number of alkyl halides is 3. The Kier molecular flexibility index (Phi) is 6.59. The Morgan fingerprint density at radius 2 is 1.73 bits per heavy atom. The van der Waals surface area contributed by atoms with Crippen molar-refractivity contribution in [1.29, 1.82) is 0 Å². The molecule has 0 saturated carbocycles. The van der Waals surface area contributed by atoms with E-state index >= 15 is 0 Å². The number of rotatable bonds is 8. The molecule has 0 bridgehead atoms. The lowest BCUT2D eigenvalue weighted by molar-refractivity contribution is -0.137. The fourth-order valence-corrected chi connectivity index (χ4v) is 4.58. The number of aromatic nitrogens is 5. The lowest BCUT2D eigenvalue weighted by atomic mass is 10.1. The molecule has 202 valence electrons. The smallest absolute Gasteiger partial charge is 0.416 e. The van der Waals surface area contributed by atoms with Crippen molar-refractivity contribution < 1.29 is 17.9 Å². The summed E-state index contributed by atoms with van der Waals surface area (Å²) >= 11 is 0. The van der Waals surface area contributed by atoms with Gasteiger partial charge >= 0.3 is 6.18 Å². The summed E-state index contributed by atoms with van der Waals surface area (Å²) < 4.78 is 48.8. The normalized spacial score (nSPS) is 11.8. The number of anilines is 1. The summed E-state index contributed by atoms with van der Waals surface area (Å²) in [7, 11) is 1.99. The minimum Gasteiger partial charge on any atom is -0.492 e. The third-order valence-electron chi connectivity index (χ3n) is 6.65. The standard InChI is InChI=1S/C30H25F3N6O/c1-38-15-13-21-17-22(9-12-25(21)38)27-36-28(34-14-16-40-24-5-3-2-4-6-24)26-29(37-27)39(19-35-26)18-20-7-10-23(11-8-20)30(31,32)33/h2-13,15,17,19H,14,16,18H2,1H3,(H,34,36,37). The van der Waals surface area contributed by atoms with E-state index in [-0.39, 0.29) is 0 Å². The second-order valence-corrected chi connectivity index (χ2v) is 9.42. The zero-order valence-electron chi connectivity index (χ0n) is 21.6. The van der Waals surface area contributed by atoms with E-state index in [2.05, 4.69) is 10.3 Å². The van der Waals surface area contributed by atoms with Gasteiger partial charge in [0.1, 0.15) is 17.9 Å². The molecule has 6 rings (SSSR count). The van der Waals surface area contributed by atoms with Crippen molar-refractivity contribution in [3.63, 3.8) is 0 Å². The molecule has 3 heterocycles. The topological polar surface area (TPSA) is 69.8 Å². The Hall–Kier alpha value is -4.86. The molecule has 0 saturated heterocycles. The SMILES string of the molecule is Cn1ccc2cc(-c3nc(NCCOc4ccccc4)c4ncn(Cc5ccc(C(F)(F)F)cc5)c4n3)ccc21. The molecule has 3 aromatic heterocycles. The molecule has 0 radical (unpaired) electrons. The number of nitrogens with zero attached hydrogens (tertiary/aromatic N) is 5. The first kappa shape index (κ1) is 25.4. The van der Waals surface area contributed by atoms with Crippen LogP contribution in [0.2, 0.25) is 0 Å². The molecule has 3 aromatic carbocycles. The summed E-state index contributed by atoms with van der Waals surface area (Å²) in [4.78, 5) is 14.2. The molecule has 0 amide bonds. The predicted molar refractivity (Wildman–Crippen MR) is 148 cm³/mol. The van der Waals surface area contributed by atoms with E-state index in [1.807, 2.05) is 77.0 Å². The van der Waals surface area contributed by atoms with Gasteiger partial charge in [-0.2, -0.15) is 13.2 Å². The number of benzene rings is 3. The highest BCUT2D eigenvalue weighted by Gasteiger charge is 2.30. The maximum Gasteiger partial charge on any atom is 0.416 e. The molecule has 0 fully saturated rings. The van der Waals surface area contributed by atoms with Crippen LogP contribution in [0.5, 0.6) is 5.75 Å². The molecule has 7 nitrogen and oxygen atoms in total. The zero-order valence-corrected chi connectivity index (χ0v) is 21.6. The molecule has 0 aliphatic heterocycles. The lowest BCUT2D eigenvalue weighted by Gasteiger charge is -2.11. The quantitative estimate of drug-likeness (QED) is 0.221. The minimum absolute atomic E-state index is 0.305. The molecular weight excluding hydrogens is 517 g/mol. The molecular formula is C30H25F3N6O. The van der Waals surface area contributed by atoms with Crippen molar-refractivity contribution in [3.05, 3.63) is 103 Å². The molecule has 0 atom stereocenters. The number of aryl methyl sites for hydroxylation is 1. The van der Waals surface area contributed by atoms with Crippen LogP contribution in [0.1, 0.15) is 11.1 Å². The predicted octanol–water partition coefficient (Wildman–Crippen LogP) is 6.54. The number of hydrogen-bond donors (Lipinski definition) is 1. The van der Waals surface area contributed by atoms with Gasteiger partial charge in [-0.1, -0.05) is 30.3 Å². The fraction of sp³-hybridized carbons (Fsp3) is 0.167. The van der Waals surface area contributed by atoms with Crippen molar-refractivity contribution in [3.8, 4) is 17.1 Å². The maximum absolute atomic E-state index is 13.0. The van der Waals surface area contributed by atoms with Crippen LogP contribution >= 0.6 is 0 Å². The third kappa shape index (κ3) is 5.20. The minimum atomic E-state index is -4.38. The van der Waals surface area contributed by atoms with Gasteiger partial charge in [-0.15, -0.1) is 0 Å². The zero-order chi connectivity index (χ0) is 27.7. The Balaban J connectivity index is 1.33. The lowest BCUT2D eigenvalue weighted by Crippen LogP contribution is -2.13. The van der Waals surface area contributed by atoms with Crippen LogP contribution in [0.25, 0.3) is 33.5 Å². The molecule has 40 heavy (non-hydrogen) atoms. The van der Waals surface area contributed by atoms with E-state index in [0.29, 0.717) is 48.1 Å². The molecule has 0 aliphatic rings. The van der Waals surface area contributed by atoms with Gasteiger partial charge in [0.2, 0.25) is 0 Å². The van der Waals surface area contributed by atoms with Crippen LogP contribution in [-0.2, 0) is 19.8 Å². The van der Waals surface area contributed by atoms with Gasteiger partial charge in [0, 0.05) is 29.7 Å². The van der Waals surface area contributed by atoms with Crippen molar-refractivity contribution >= 4 is 27.9 Å². The molecule has 1 N–H and O–H groups in total. The van der Waals surface area contributed by atoms with E-state index in [1.165, 1.54) is 12.1 Å². The second kappa shape index (κ2) is 10.4. The van der Waals surface area contributed by atoms with E-state index in [0.717, 1.165) is 34.3 Å². The van der Waals surface area contributed by atoms with Gasteiger partial charge in [-0.05, 0) is 54.1 Å². The number of ether oxygens (including phenoxy) is 1. The Labute approximate surface area is 227 Å². The summed E-state index contributed by atoms with van der Waals surface area (Å²) in [5, 5.41) is 4.39. The number of fused-ring (bicyclic) bond motifs is 2. The monoisotopic (exact) mass is 542 g/mol. The molecule has 0 aliphatic carbocycles. The number of para-hydroxylation sites is 1. The van der Waals surface area contributed by atoms with Crippen molar-refractivity contribution in [2.45, 2.75) is 12.7 Å². The van der Waals surface area contributed by atoms with E-state index in [4.69, 9.17) is 14.7 Å². The molecule has 6 aromatic rings. The largest absolute Gasteiger partial charge is 0.492 e. The van der Waals surface area contributed by atoms with Gasteiger partial charge in [0.15, 0.2) is 17.3 Å². The Bertz CT molecular complexity index is 1780. The van der Waals surface area contributed by atoms with Crippen molar-refractivity contribution in [1.82, 2.24) is 24.1 Å². The van der Waals surface area contributed by atoms with Crippen LogP contribution in [0.3, 0.4) is 0 Å². The highest BCUT2D eigenvalue weighted by molar-refractivity contribution is 5.88. The number of imidazole rings is 1. The first-order valence-electron chi connectivity index (χ1n) is 12.7. The second-order valence-electron chi connectivity index (χ2n) is 9.42. The van der Waals surface area contributed by atoms with Gasteiger partial charge in [0.25, 0.3) is 0 Å². The van der Waals surface area contributed by atoms with E-state index < -0.39 is 11.7 Å². The summed E-state index contributed by atoms with van der Waals surface area (Å²) in [5.74, 6) is 1.84.